The van der Waals surface area contributed by atoms with Crippen molar-refractivity contribution in [1.29, 1.82) is 0 Å². The number of hydrogen-bond donors (Lipinski definition) is 1. The van der Waals surface area contributed by atoms with Crippen molar-refractivity contribution in [3.05, 3.63) is 35.4 Å². The molecule has 1 aromatic carbocycles. The Morgan fingerprint density at radius 3 is 2.80 bits per heavy atom. The van der Waals surface area contributed by atoms with Crippen LogP contribution in [0.25, 0.3) is 0 Å². The number of halogens is 2. The molecule has 0 saturated carbocycles. The molecule has 112 valence electrons. The van der Waals surface area contributed by atoms with Gasteiger partial charge in [0.2, 0.25) is 0 Å². The maximum absolute atomic E-state index is 13.5. The van der Waals surface area contributed by atoms with E-state index in [0.29, 0.717) is 19.8 Å². The summed E-state index contributed by atoms with van der Waals surface area (Å²) < 4.78 is 31.4. The Hall–Kier alpha value is -1.69. The fourth-order valence-corrected chi connectivity index (χ4v) is 1.63. The molecule has 4 nitrogen and oxygen atoms in total. The highest BCUT2D eigenvalue weighted by Crippen LogP contribution is 2.11. The Bertz CT molecular complexity index is 441. The molecule has 0 atom stereocenters. The van der Waals surface area contributed by atoms with E-state index >= 15 is 0 Å². The molecule has 2 amide bonds. The number of amides is 2. The van der Waals surface area contributed by atoms with Crippen molar-refractivity contribution in [2.45, 2.75) is 19.9 Å². The van der Waals surface area contributed by atoms with Crippen LogP contribution in [0.3, 0.4) is 0 Å². The maximum Gasteiger partial charge on any atom is 0.317 e. The molecule has 0 aliphatic heterocycles. The van der Waals surface area contributed by atoms with Crippen LogP contribution in [0.4, 0.5) is 13.6 Å². The van der Waals surface area contributed by atoms with Gasteiger partial charge in [0.15, 0.2) is 0 Å². The summed E-state index contributed by atoms with van der Waals surface area (Å²) in [6.45, 7) is 3.73. The van der Waals surface area contributed by atoms with E-state index in [1.807, 2.05) is 6.92 Å². The maximum atomic E-state index is 13.5. The van der Waals surface area contributed by atoms with Crippen molar-refractivity contribution in [2.75, 3.05) is 26.8 Å². The molecule has 0 aromatic heterocycles. The Morgan fingerprint density at radius 2 is 2.15 bits per heavy atom. The predicted molar refractivity (Wildman–Crippen MR) is 72.3 cm³/mol. The first-order valence-electron chi connectivity index (χ1n) is 6.55. The van der Waals surface area contributed by atoms with Crippen LogP contribution in [0.1, 0.15) is 18.9 Å². The molecule has 1 N–H and O–H groups in total. The number of urea groups is 1. The molecule has 6 heteroatoms. The fraction of sp³-hybridized carbons (Fsp3) is 0.500. The molecule has 0 heterocycles. The third-order valence-electron chi connectivity index (χ3n) is 2.72. The minimum Gasteiger partial charge on any atom is -0.382 e. The Morgan fingerprint density at radius 1 is 1.40 bits per heavy atom. The summed E-state index contributed by atoms with van der Waals surface area (Å²) in [5.74, 6) is -1.28. The van der Waals surface area contributed by atoms with E-state index in [1.165, 1.54) is 17.0 Å². The lowest BCUT2D eigenvalue weighted by Gasteiger charge is -2.18. The van der Waals surface area contributed by atoms with Gasteiger partial charge in [0, 0.05) is 45.0 Å². The number of carbonyl (C=O) groups excluding carboxylic acids is 1. The molecule has 0 bridgehead atoms. The predicted octanol–water partition coefficient (Wildman–Crippen LogP) is 2.53. The smallest absolute Gasteiger partial charge is 0.317 e. The van der Waals surface area contributed by atoms with E-state index in [0.717, 1.165) is 12.5 Å². The summed E-state index contributed by atoms with van der Waals surface area (Å²) in [7, 11) is 1.56. The Labute approximate surface area is 117 Å². The van der Waals surface area contributed by atoms with Crippen LogP contribution in [-0.4, -0.2) is 37.7 Å². The highest BCUT2D eigenvalue weighted by atomic mass is 19.1. The van der Waals surface area contributed by atoms with E-state index in [2.05, 4.69) is 5.32 Å². The van der Waals surface area contributed by atoms with Crippen LogP contribution in [0.2, 0.25) is 0 Å². The molecule has 0 saturated heterocycles. The number of ether oxygens (including phenoxy) is 1. The van der Waals surface area contributed by atoms with Gasteiger partial charge in [0.1, 0.15) is 11.6 Å². The molecule has 0 unspecified atom stereocenters. The van der Waals surface area contributed by atoms with Crippen molar-refractivity contribution >= 4 is 6.03 Å². The summed E-state index contributed by atoms with van der Waals surface area (Å²) in [5, 5.41) is 2.70. The lowest BCUT2D eigenvalue weighted by molar-refractivity contribution is 0.144. The lowest BCUT2D eigenvalue weighted by Crippen LogP contribution is -2.37. The standard InChI is InChI=1S/C14H20F2N2O2/c1-3-20-8-4-7-17-14(19)18(2)10-11-5-6-12(15)9-13(11)16/h5-6,9H,3-4,7-8,10H2,1-2H3,(H,17,19). The van der Waals surface area contributed by atoms with E-state index in [4.69, 9.17) is 4.74 Å². The minimum atomic E-state index is -0.652. The number of carbonyl (C=O) groups is 1. The summed E-state index contributed by atoms with van der Waals surface area (Å²) in [6, 6.07) is 3.02. The quantitative estimate of drug-likeness (QED) is 0.783. The van der Waals surface area contributed by atoms with Crippen LogP contribution in [0.5, 0.6) is 0 Å². The number of benzene rings is 1. The molecule has 0 aliphatic rings. The lowest BCUT2D eigenvalue weighted by atomic mass is 10.2. The molecule has 1 rings (SSSR count). The van der Waals surface area contributed by atoms with Gasteiger partial charge in [-0.05, 0) is 19.4 Å². The molecular weight excluding hydrogens is 266 g/mol. The number of nitrogens with one attached hydrogen (secondary N) is 1. The largest absolute Gasteiger partial charge is 0.382 e. The van der Waals surface area contributed by atoms with E-state index in [9.17, 15) is 13.6 Å². The third-order valence-corrected chi connectivity index (χ3v) is 2.72. The van der Waals surface area contributed by atoms with Crippen molar-refractivity contribution in [3.63, 3.8) is 0 Å². The van der Waals surface area contributed by atoms with E-state index < -0.39 is 11.6 Å². The third kappa shape index (κ3) is 5.52. The van der Waals surface area contributed by atoms with Gasteiger partial charge >= 0.3 is 6.03 Å². The normalized spacial score (nSPS) is 10.4. The molecule has 0 radical (unpaired) electrons. The van der Waals surface area contributed by atoms with Crippen LogP contribution in [0.15, 0.2) is 18.2 Å². The van der Waals surface area contributed by atoms with Gasteiger partial charge in [-0.1, -0.05) is 6.07 Å². The van der Waals surface area contributed by atoms with Gasteiger partial charge in [-0.25, -0.2) is 13.6 Å². The van der Waals surface area contributed by atoms with Crippen LogP contribution in [-0.2, 0) is 11.3 Å². The van der Waals surface area contributed by atoms with Crippen molar-refractivity contribution in [2.24, 2.45) is 0 Å². The van der Waals surface area contributed by atoms with Crippen molar-refractivity contribution in [1.82, 2.24) is 10.2 Å². The highest BCUT2D eigenvalue weighted by molar-refractivity contribution is 5.73. The van der Waals surface area contributed by atoms with E-state index in [1.54, 1.807) is 7.05 Å². The molecule has 0 aliphatic carbocycles. The summed E-state index contributed by atoms with van der Waals surface area (Å²) in [6.07, 6.45) is 0.721. The van der Waals surface area contributed by atoms with Gasteiger partial charge in [-0.3, -0.25) is 0 Å². The molecule has 0 spiro atoms. The number of nitrogens with zero attached hydrogens (tertiary/aromatic N) is 1. The monoisotopic (exact) mass is 286 g/mol. The van der Waals surface area contributed by atoms with Gasteiger partial charge in [0.05, 0.1) is 0 Å². The first-order chi connectivity index (χ1) is 9.54. The molecule has 1 aromatic rings. The van der Waals surface area contributed by atoms with Crippen LogP contribution >= 0.6 is 0 Å². The molecule has 20 heavy (non-hydrogen) atoms. The SMILES string of the molecule is CCOCCCNC(=O)N(C)Cc1ccc(F)cc1F. The summed E-state index contributed by atoms with van der Waals surface area (Å²) >= 11 is 0. The topological polar surface area (TPSA) is 41.6 Å². The van der Waals surface area contributed by atoms with Crippen molar-refractivity contribution < 1.29 is 18.3 Å². The average molecular weight is 286 g/mol. The Balaban J connectivity index is 2.37. The van der Waals surface area contributed by atoms with Gasteiger partial charge in [-0.2, -0.15) is 0 Å². The molecule has 0 fully saturated rings. The molecular formula is C14H20F2N2O2. The second-order valence-corrected chi connectivity index (χ2v) is 4.37. The first-order valence-corrected chi connectivity index (χ1v) is 6.55. The zero-order valence-corrected chi connectivity index (χ0v) is 11.8. The van der Waals surface area contributed by atoms with Crippen LogP contribution in [0, 0.1) is 11.6 Å². The summed E-state index contributed by atoms with van der Waals surface area (Å²) in [5.41, 5.74) is 0.276. The van der Waals surface area contributed by atoms with Crippen LogP contribution < -0.4 is 5.32 Å². The zero-order valence-electron chi connectivity index (χ0n) is 11.8. The Kier molecular flexibility index (Phi) is 6.93. The van der Waals surface area contributed by atoms with Gasteiger partial charge < -0.3 is 15.0 Å². The second-order valence-electron chi connectivity index (χ2n) is 4.37. The number of rotatable bonds is 7. The first kappa shape index (κ1) is 16.4. The van der Waals surface area contributed by atoms with Gasteiger partial charge in [0.25, 0.3) is 0 Å². The number of hydrogen-bond acceptors (Lipinski definition) is 2. The highest BCUT2D eigenvalue weighted by Gasteiger charge is 2.11. The van der Waals surface area contributed by atoms with Crippen molar-refractivity contribution in [3.8, 4) is 0 Å². The van der Waals surface area contributed by atoms with E-state index in [-0.39, 0.29) is 18.1 Å². The minimum absolute atomic E-state index is 0.0867. The average Bonchev–Trinajstić information content (AvgIpc) is 2.41. The zero-order chi connectivity index (χ0) is 15.0. The second kappa shape index (κ2) is 8.47. The van der Waals surface area contributed by atoms with Gasteiger partial charge in [-0.15, -0.1) is 0 Å². The summed E-state index contributed by atoms with van der Waals surface area (Å²) in [4.78, 5) is 13.1. The fourth-order valence-electron chi connectivity index (χ4n) is 1.63.